The zero-order valence-corrected chi connectivity index (χ0v) is 13.2. The fourth-order valence-electron chi connectivity index (χ4n) is 1.80. The number of aromatic nitrogens is 2. The third kappa shape index (κ3) is 5.38. The van der Waals surface area contributed by atoms with E-state index in [0.29, 0.717) is 5.92 Å². The summed E-state index contributed by atoms with van der Waals surface area (Å²) in [6.07, 6.45) is 3.35. The summed E-state index contributed by atoms with van der Waals surface area (Å²) in [4.78, 5) is 1.46. The number of nitrogens with one attached hydrogen (secondary N) is 1. The molecule has 0 bridgehead atoms. The zero-order valence-electron chi connectivity index (χ0n) is 11.6. The molecule has 0 spiro atoms. The van der Waals surface area contributed by atoms with Crippen LogP contribution in [-0.4, -0.2) is 16.7 Å². The summed E-state index contributed by atoms with van der Waals surface area (Å²) in [7, 11) is 0. The first kappa shape index (κ1) is 14.6. The molecule has 0 fully saturated rings. The number of nitrogens with zero attached hydrogens (tertiary/aromatic N) is 2. The lowest BCUT2D eigenvalue weighted by Crippen LogP contribution is -2.18. The first-order valence-electron chi connectivity index (χ1n) is 6.78. The molecule has 5 heteroatoms. The lowest BCUT2D eigenvalue weighted by molar-refractivity contribution is 0.550. The second-order valence-corrected chi connectivity index (χ2v) is 7.23. The average molecular weight is 295 g/mol. The van der Waals surface area contributed by atoms with Gasteiger partial charge in [0.2, 0.25) is 0 Å². The van der Waals surface area contributed by atoms with Gasteiger partial charge in [0.05, 0.1) is 0 Å². The van der Waals surface area contributed by atoms with Crippen LogP contribution in [0, 0.1) is 5.92 Å². The number of thiophene rings is 1. The largest absolute Gasteiger partial charge is 0.310 e. The molecule has 19 heavy (non-hydrogen) atoms. The van der Waals surface area contributed by atoms with Crippen LogP contribution in [0.15, 0.2) is 17.5 Å². The van der Waals surface area contributed by atoms with Gasteiger partial charge in [0.15, 0.2) is 0 Å². The van der Waals surface area contributed by atoms with E-state index in [2.05, 4.69) is 46.9 Å². The Hall–Kier alpha value is -0.780. The number of hydrogen-bond donors (Lipinski definition) is 1. The highest BCUT2D eigenvalue weighted by Crippen LogP contribution is 2.15. The second kappa shape index (κ2) is 7.72. The van der Waals surface area contributed by atoms with Gasteiger partial charge in [-0.3, -0.25) is 0 Å². The first-order valence-corrected chi connectivity index (χ1v) is 8.48. The van der Waals surface area contributed by atoms with Crippen molar-refractivity contribution in [2.24, 2.45) is 5.92 Å². The topological polar surface area (TPSA) is 37.8 Å². The van der Waals surface area contributed by atoms with Crippen LogP contribution in [-0.2, 0) is 19.4 Å². The van der Waals surface area contributed by atoms with Gasteiger partial charge in [-0.2, -0.15) is 0 Å². The Kier molecular flexibility index (Phi) is 5.94. The summed E-state index contributed by atoms with van der Waals surface area (Å²) in [5.74, 6) is 0.679. The van der Waals surface area contributed by atoms with Crippen molar-refractivity contribution < 1.29 is 0 Å². The van der Waals surface area contributed by atoms with Gasteiger partial charge < -0.3 is 5.32 Å². The molecule has 3 nitrogen and oxygen atoms in total. The molecule has 0 amide bonds. The Labute approximate surface area is 123 Å². The van der Waals surface area contributed by atoms with Crippen LogP contribution >= 0.6 is 22.7 Å². The van der Waals surface area contributed by atoms with Crippen molar-refractivity contribution in [2.75, 3.05) is 6.54 Å². The van der Waals surface area contributed by atoms with E-state index in [1.807, 2.05) is 11.3 Å². The monoisotopic (exact) mass is 295 g/mol. The molecule has 2 aromatic heterocycles. The Morgan fingerprint density at radius 2 is 2.05 bits per heavy atom. The van der Waals surface area contributed by atoms with Gasteiger partial charge in [-0.1, -0.05) is 19.9 Å². The first-order chi connectivity index (χ1) is 9.24. The molecule has 2 heterocycles. The fourth-order valence-corrected chi connectivity index (χ4v) is 3.40. The fraction of sp³-hybridized carbons (Fsp3) is 0.571. The maximum Gasteiger partial charge on any atom is 0.131 e. The molecule has 0 aliphatic heterocycles. The second-order valence-electron chi connectivity index (χ2n) is 5.05. The molecule has 0 aromatic carbocycles. The Balaban J connectivity index is 1.68. The van der Waals surface area contributed by atoms with E-state index in [-0.39, 0.29) is 0 Å². The minimum atomic E-state index is 0.679. The molecule has 2 aromatic rings. The van der Waals surface area contributed by atoms with E-state index in [4.69, 9.17) is 0 Å². The van der Waals surface area contributed by atoms with Crippen LogP contribution in [0.5, 0.6) is 0 Å². The molecular weight excluding hydrogens is 274 g/mol. The highest BCUT2D eigenvalue weighted by molar-refractivity contribution is 7.11. The molecule has 0 aliphatic carbocycles. The molecule has 0 atom stereocenters. The van der Waals surface area contributed by atoms with Crippen LogP contribution in [0.2, 0.25) is 0 Å². The third-order valence-electron chi connectivity index (χ3n) is 2.73. The summed E-state index contributed by atoms with van der Waals surface area (Å²) < 4.78 is 0. The van der Waals surface area contributed by atoms with Gasteiger partial charge in [0.25, 0.3) is 0 Å². The Morgan fingerprint density at radius 1 is 1.21 bits per heavy atom. The number of rotatable bonds is 8. The summed E-state index contributed by atoms with van der Waals surface area (Å²) in [5, 5.41) is 16.3. The standard InChI is InChI=1S/C14H21N3S2/c1-11(2)9-15-10-14-17-16-13(19-14)7-3-5-12-6-4-8-18-12/h4,6,8,11,15H,3,5,7,9-10H2,1-2H3. The van der Waals surface area contributed by atoms with Gasteiger partial charge in [0, 0.05) is 17.8 Å². The summed E-state index contributed by atoms with van der Waals surface area (Å²) in [6, 6.07) is 4.31. The molecule has 0 aliphatic rings. The Bertz CT molecular complexity index is 463. The molecule has 1 N–H and O–H groups in total. The quantitative estimate of drug-likeness (QED) is 0.809. The maximum absolute atomic E-state index is 4.26. The van der Waals surface area contributed by atoms with Gasteiger partial charge in [-0.05, 0) is 36.8 Å². The minimum Gasteiger partial charge on any atom is -0.310 e. The lowest BCUT2D eigenvalue weighted by atomic mass is 10.2. The lowest BCUT2D eigenvalue weighted by Gasteiger charge is -2.03. The van der Waals surface area contributed by atoms with Crippen LogP contribution in [0.4, 0.5) is 0 Å². The van der Waals surface area contributed by atoms with Crippen LogP contribution in [0.1, 0.15) is 35.2 Å². The van der Waals surface area contributed by atoms with Crippen molar-refractivity contribution in [2.45, 2.75) is 39.7 Å². The van der Waals surface area contributed by atoms with Crippen LogP contribution in [0.3, 0.4) is 0 Å². The normalized spacial score (nSPS) is 11.3. The van der Waals surface area contributed by atoms with Crippen molar-refractivity contribution in [3.8, 4) is 0 Å². The average Bonchev–Trinajstić information content (AvgIpc) is 3.00. The van der Waals surface area contributed by atoms with Crippen LogP contribution < -0.4 is 5.32 Å². The van der Waals surface area contributed by atoms with Crippen LogP contribution in [0.25, 0.3) is 0 Å². The van der Waals surface area contributed by atoms with E-state index in [9.17, 15) is 0 Å². The van der Waals surface area contributed by atoms with Gasteiger partial charge in [-0.15, -0.1) is 32.9 Å². The van der Waals surface area contributed by atoms with Gasteiger partial charge in [-0.25, -0.2) is 0 Å². The molecule has 0 saturated carbocycles. The van der Waals surface area contributed by atoms with E-state index in [1.165, 1.54) is 4.88 Å². The SMILES string of the molecule is CC(C)CNCc1nnc(CCCc2cccs2)s1. The Morgan fingerprint density at radius 3 is 2.79 bits per heavy atom. The minimum absolute atomic E-state index is 0.679. The molecular formula is C14H21N3S2. The van der Waals surface area contributed by atoms with Crippen molar-refractivity contribution in [1.82, 2.24) is 15.5 Å². The molecule has 0 radical (unpaired) electrons. The van der Waals surface area contributed by atoms with Crippen molar-refractivity contribution in [1.29, 1.82) is 0 Å². The van der Waals surface area contributed by atoms with E-state index < -0.39 is 0 Å². The summed E-state index contributed by atoms with van der Waals surface area (Å²) in [5.41, 5.74) is 0. The number of hydrogen-bond acceptors (Lipinski definition) is 5. The van der Waals surface area contributed by atoms with Crippen molar-refractivity contribution >= 4 is 22.7 Å². The number of aryl methyl sites for hydroxylation is 2. The molecule has 2 rings (SSSR count). The summed E-state index contributed by atoms with van der Waals surface area (Å²) in [6.45, 7) is 6.31. The highest BCUT2D eigenvalue weighted by Gasteiger charge is 2.04. The predicted octanol–water partition coefficient (Wildman–Crippen LogP) is 3.52. The van der Waals surface area contributed by atoms with E-state index in [0.717, 1.165) is 42.4 Å². The maximum atomic E-state index is 4.26. The smallest absolute Gasteiger partial charge is 0.131 e. The van der Waals surface area contributed by atoms with Crippen molar-refractivity contribution in [3.63, 3.8) is 0 Å². The summed E-state index contributed by atoms with van der Waals surface area (Å²) >= 11 is 3.57. The molecule has 0 unspecified atom stereocenters. The third-order valence-corrected chi connectivity index (χ3v) is 4.65. The van der Waals surface area contributed by atoms with E-state index >= 15 is 0 Å². The predicted molar refractivity (Wildman–Crippen MR) is 82.8 cm³/mol. The molecule has 104 valence electrons. The zero-order chi connectivity index (χ0) is 13.5. The van der Waals surface area contributed by atoms with Gasteiger partial charge in [0.1, 0.15) is 10.0 Å². The van der Waals surface area contributed by atoms with E-state index in [1.54, 1.807) is 11.3 Å². The van der Waals surface area contributed by atoms with Gasteiger partial charge >= 0.3 is 0 Å². The molecule has 0 saturated heterocycles. The van der Waals surface area contributed by atoms with Crippen molar-refractivity contribution in [3.05, 3.63) is 32.4 Å². The highest BCUT2D eigenvalue weighted by atomic mass is 32.1.